The van der Waals surface area contributed by atoms with Gasteiger partial charge in [0.05, 0.1) is 0 Å². The molecule has 0 fully saturated rings. The summed E-state index contributed by atoms with van der Waals surface area (Å²) in [5.74, 6) is -1.31. The van der Waals surface area contributed by atoms with Crippen molar-refractivity contribution in [2.75, 3.05) is 0 Å². The molecule has 0 aliphatic carbocycles. The minimum absolute atomic E-state index is 0. The molecular formula is C36H76BaMgO4. The van der Waals surface area contributed by atoms with Crippen molar-refractivity contribution in [2.45, 2.75) is 219 Å². The van der Waals surface area contributed by atoms with Crippen molar-refractivity contribution < 1.29 is 19.8 Å². The first-order valence-corrected chi connectivity index (χ1v) is 18.0. The van der Waals surface area contributed by atoms with Gasteiger partial charge in [-0.2, -0.15) is 0 Å². The van der Waals surface area contributed by atoms with Crippen molar-refractivity contribution in [2.24, 2.45) is 0 Å². The fourth-order valence-electron chi connectivity index (χ4n) is 5.30. The maximum atomic E-state index is 10.3. The molecular weight excluding hydrogens is 658 g/mol. The standard InChI is InChI=1S/2C18H36O2.Ba.Mg.4H/c2*1-2-3-4-5-6-7-8-9-10-11-12-13-14-15-16-17-18(19)20;;;;;;/h2*2-17H2,1H3,(H,19,20);;;;;;. The smallest absolute Gasteiger partial charge is 0.316 e. The van der Waals surface area contributed by atoms with Gasteiger partial charge in [-0.05, 0) is 12.8 Å². The number of unbranched alkanes of at least 4 members (excludes halogenated alkanes) is 28. The number of carboxylic acids is 2. The third-order valence-corrected chi connectivity index (χ3v) is 7.99. The van der Waals surface area contributed by atoms with E-state index in [1.165, 1.54) is 167 Å². The third kappa shape index (κ3) is 53.8. The van der Waals surface area contributed by atoms with E-state index in [0.29, 0.717) is 12.8 Å². The van der Waals surface area contributed by atoms with Gasteiger partial charge in [0.2, 0.25) is 0 Å². The van der Waals surface area contributed by atoms with E-state index >= 15 is 0 Å². The van der Waals surface area contributed by atoms with Crippen LogP contribution in [0.1, 0.15) is 219 Å². The van der Waals surface area contributed by atoms with Crippen molar-refractivity contribution in [3.8, 4) is 0 Å². The van der Waals surface area contributed by atoms with Gasteiger partial charge in [-0.1, -0.05) is 194 Å². The average molecular weight is 735 g/mol. The SMILES string of the molecule is CCCCCCCCCCCCCCCCCC(=O)O.CCCCCCCCCCCCCCCCCC(=O)O.[BaH2].[MgH2]. The normalized spacial score (nSPS) is 10.3. The van der Waals surface area contributed by atoms with Gasteiger partial charge in [0, 0.05) is 12.8 Å². The Kier molecular flexibility index (Phi) is 55.7. The zero-order valence-corrected chi connectivity index (χ0v) is 27.3. The first kappa shape index (κ1) is 50.1. The van der Waals surface area contributed by atoms with Crippen LogP contribution in [0.5, 0.6) is 0 Å². The van der Waals surface area contributed by atoms with Crippen LogP contribution in [0.3, 0.4) is 0 Å². The van der Waals surface area contributed by atoms with Gasteiger partial charge < -0.3 is 10.2 Å². The van der Waals surface area contributed by atoms with E-state index in [-0.39, 0.29) is 71.9 Å². The average Bonchev–Trinajstić information content (AvgIpc) is 2.93. The van der Waals surface area contributed by atoms with Crippen LogP contribution in [0.4, 0.5) is 0 Å². The van der Waals surface area contributed by atoms with Crippen LogP contribution in [-0.4, -0.2) is 94.1 Å². The molecule has 0 amide bonds. The molecule has 0 aliphatic rings. The molecule has 0 heterocycles. The zero-order valence-electron chi connectivity index (χ0n) is 27.3. The van der Waals surface area contributed by atoms with E-state index in [1.54, 1.807) is 0 Å². The van der Waals surface area contributed by atoms with E-state index in [9.17, 15) is 9.59 Å². The number of carbonyl (C=O) groups is 2. The predicted octanol–water partition coefficient (Wildman–Crippen LogP) is 10.8. The minimum Gasteiger partial charge on any atom is 0.316 e. The Labute approximate surface area is 319 Å². The Morgan fingerprint density at radius 2 is 0.476 bits per heavy atom. The van der Waals surface area contributed by atoms with Gasteiger partial charge in [0.25, 0.3) is 0 Å². The molecule has 6 heteroatoms. The first-order chi connectivity index (χ1) is 19.5. The van der Waals surface area contributed by atoms with Crippen molar-refractivity contribution in [1.29, 1.82) is 0 Å². The van der Waals surface area contributed by atoms with Gasteiger partial charge in [-0.3, -0.25) is 9.59 Å². The van der Waals surface area contributed by atoms with Crippen molar-refractivity contribution >= 4 is 83.9 Å². The molecule has 248 valence electrons. The Morgan fingerprint density at radius 3 is 0.619 bits per heavy atom. The van der Waals surface area contributed by atoms with Crippen molar-refractivity contribution in [3.05, 3.63) is 0 Å². The van der Waals surface area contributed by atoms with E-state index < -0.39 is 11.9 Å². The van der Waals surface area contributed by atoms with E-state index in [2.05, 4.69) is 13.8 Å². The Morgan fingerprint density at radius 1 is 0.333 bits per heavy atom. The second-order valence-electron chi connectivity index (χ2n) is 12.2. The Hall–Kier alpha value is 1.28. The molecule has 0 rings (SSSR count). The molecule has 0 bridgehead atoms. The Bertz CT molecular complexity index is 461. The van der Waals surface area contributed by atoms with E-state index in [1.807, 2.05) is 0 Å². The molecule has 0 aliphatic heterocycles. The summed E-state index contributed by atoms with van der Waals surface area (Å²) >= 11 is 0. The van der Waals surface area contributed by atoms with Gasteiger partial charge in [0.15, 0.2) is 0 Å². The predicted molar refractivity (Wildman–Crippen MR) is 191 cm³/mol. The summed E-state index contributed by atoms with van der Waals surface area (Å²) in [5.41, 5.74) is 0. The maximum Gasteiger partial charge on any atom is 0.316 e. The molecule has 0 saturated heterocycles. The quantitative estimate of drug-likeness (QED) is 0.0533. The largest absolute Gasteiger partial charge is 0.316 e. The van der Waals surface area contributed by atoms with Crippen molar-refractivity contribution in [1.82, 2.24) is 0 Å². The van der Waals surface area contributed by atoms with Crippen LogP contribution in [-0.2, 0) is 9.59 Å². The number of aliphatic carboxylic acids is 2. The summed E-state index contributed by atoms with van der Waals surface area (Å²) < 4.78 is 0. The van der Waals surface area contributed by atoms with Gasteiger partial charge in [0.1, 0.15) is 0 Å². The molecule has 42 heavy (non-hydrogen) atoms. The summed E-state index contributed by atoms with van der Waals surface area (Å²) in [6.45, 7) is 4.54. The summed E-state index contributed by atoms with van der Waals surface area (Å²) in [4.78, 5) is 20.7. The fourth-order valence-corrected chi connectivity index (χ4v) is 5.30. The van der Waals surface area contributed by atoms with Gasteiger partial charge >= 0.3 is 83.9 Å². The fraction of sp³-hybridized carbons (Fsp3) is 0.944. The third-order valence-electron chi connectivity index (χ3n) is 7.99. The van der Waals surface area contributed by atoms with Crippen LogP contribution >= 0.6 is 0 Å². The van der Waals surface area contributed by atoms with Gasteiger partial charge in [-0.25, -0.2) is 0 Å². The first-order valence-electron chi connectivity index (χ1n) is 18.0. The van der Waals surface area contributed by atoms with Crippen LogP contribution in [0.2, 0.25) is 0 Å². The number of hydrogen-bond donors (Lipinski definition) is 2. The molecule has 0 aromatic heterocycles. The molecule has 0 aromatic rings. The molecule has 0 unspecified atom stereocenters. The second kappa shape index (κ2) is 46.7. The minimum atomic E-state index is -0.653. The molecule has 0 aromatic carbocycles. The summed E-state index contributed by atoms with van der Waals surface area (Å²) in [6.07, 6.45) is 40.4. The van der Waals surface area contributed by atoms with Gasteiger partial charge in [-0.15, -0.1) is 0 Å². The van der Waals surface area contributed by atoms with E-state index in [4.69, 9.17) is 10.2 Å². The molecule has 4 nitrogen and oxygen atoms in total. The monoisotopic (exact) mass is 734 g/mol. The van der Waals surface area contributed by atoms with Crippen LogP contribution < -0.4 is 0 Å². The summed E-state index contributed by atoms with van der Waals surface area (Å²) in [7, 11) is 0. The summed E-state index contributed by atoms with van der Waals surface area (Å²) in [6, 6.07) is 0. The second-order valence-corrected chi connectivity index (χ2v) is 12.2. The zero-order chi connectivity index (χ0) is 29.8. The topological polar surface area (TPSA) is 74.6 Å². The van der Waals surface area contributed by atoms with Crippen LogP contribution in [0.25, 0.3) is 0 Å². The number of carboxylic acid groups (broad SMARTS) is 2. The number of hydrogen-bond acceptors (Lipinski definition) is 2. The maximum absolute atomic E-state index is 10.3. The molecule has 0 radical (unpaired) electrons. The molecule has 2 N–H and O–H groups in total. The molecule has 0 atom stereocenters. The van der Waals surface area contributed by atoms with Crippen LogP contribution in [0, 0.1) is 0 Å². The van der Waals surface area contributed by atoms with Crippen LogP contribution in [0.15, 0.2) is 0 Å². The number of rotatable bonds is 32. The molecule has 0 spiro atoms. The van der Waals surface area contributed by atoms with E-state index in [0.717, 1.165) is 25.7 Å². The summed E-state index contributed by atoms with van der Waals surface area (Å²) in [5, 5.41) is 17.0. The molecule has 0 saturated carbocycles. The van der Waals surface area contributed by atoms with Crippen molar-refractivity contribution in [3.63, 3.8) is 0 Å². The Balaban J connectivity index is -0.000000328.